The van der Waals surface area contributed by atoms with E-state index in [1.165, 1.54) is 4.90 Å². The van der Waals surface area contributed by atoms with Gasteiger partial charge in [0.25, 0.3) is 5.91 Å². The van der Waals surface area contributed by atoms with E-state index < -0.39 is 6.10 Å². The molecule has 2 aromatic carbocycles. The molecule has 0 saturated carbocycles. The van der Waals surface area contributed by atoms with Gasteiger partial charge in [0.15, 0.2) is 6.10 Å². The lowest BCUT2D eigenvalue weighted by molar-refractivity contribution is -0.128. The molecule has 0 aliphatic carbocycles. The van der Waals surface area contributed by atoms with Crippen LogP contribution in [0, 0.1) is 13.8 Å². The number of carbonyl (C=O) groups is 2. The molecule has 4 rings (SSSR count). The van der Waals surface area contributed by atoms with Gasteiger partial charge in [0.1, 0.15) is 12.3 Å². The normalized spacial score (nSPS) is 15.4. The van der Waals surface area contributed by atoms with Gasteiger partial charge in [-0.2, -0.15) is 0 Å². The Kier molecular flexibility index (Phi) is 5.98. The minimum Gasteiger partial charge on any atom is -0.478 e. The standard InChI is InChI=1S/C23H22ClN3O3S/c1-4-19-23(29)27(12-21(28)26-17-8-6-16(24)7-9-17)18-11-15(5-10-20(18)30-19)22-13(2)31-14(3)25-22/h5-11,19H,4,12H2,1-3H3,(H,26,28). The second-order valence-electron chi connectivity index (χ2n) is 7.31. The molecular weight excluding hydrogens is 434 g/mol. The van der Waals surface area contributed by atoms with Gasteiger partial charge in [-0.15, -0.1) is 11.3 Å². The van der Waals surface area contributed by atoms with Crippen molar-refractivity contribution in [2.45, 2.75) is 33.3 Å². The summed E-state index contributed by atoms with van der Waals surface area (Å²) >= 11 is 7.53. The van der Waals surface area contributed by atoms with Gasteiger partial charge in [-0.25, -0.2) is 4.98 Å². The monoisotopic (exact) mass is 455 g/mol. The van der Waals surface area contributed by atoms with Crippen molar-refractivity contribution >= 4 is 46.1 Å². The summed E-state index contributed by atoms with van der Waals surface area (Å²) in [7, 11) is 0. The Labute approximate surface area is 189 Å². The summed E-state index contributed by atoms with van der Waals surface area (Å²) in [5, 5.41) is 4.38. The average molecular weight is 456 g/mol. The lowest BCUT2D eigenvalue weighted by atomic mass is 10.1. The highest BCUT2D eigenvalue weighted by Gasteiger charge is 2.35. The molecule has 8 heteroatoms. The number of rotatable bonds is 5. The second-order valence-corrected chi connectivity index (χ2v) is 9.16. The number of aryl methyl sites for hydroxylation is 2. The number of benzene rings is 2. The van der Waals surface area contributed by atoms with Crippen LogP contribution in [-0.4, -0.2) is 29.4 Å². The van der Waals surface area contributed by atoms with Crippen LogP contribution in [0.2, 0.25) is 5.02 Å². The zero-order valence-corrected chi connectivity index (χ0v) is 19.0. The Morgan fingerprint density at radius 1 is 1.23 bits per heavy atom. The van der Waals surface area contributed by atoms with Crippen LogP contribution >= 0.6 is 22.9 Å². The van der Waals surface area contributed by atoms with Crippen LogP contribution in [-0.2, 0) is 9.59 Å². The van der Waals surface area contributed by atoms with Crippen LogP contribution in [0.1, 0.15) is 23.2 Å². The van der Waals surface area contributed by atoms with E-state index in [2.05, 4.69) is 10.3 Å². The molecule has 1 aliphatic heterocycles. The second kappa shape index (κ2) is 8.69. The van der Waals surface area contributed by atoms with Gasteiger partial charge in [0.2, 0.25) is 5.91 Å². The molecule has 1 aromatic heterocycles. The Balaban J connectivity index is 1.65. The van der Waals surface area contributed by atoms with Gasteiger partial charge >= 0.3 is 0 Å². The predicted octanol–water partition coefficient (Wildman–Crippen LogP) is 5.22. The lowest BCUT2D eigenvalue weighted by Crippen LogP contribution is -2.48. The third-order valence-corrected chi connectivity index (χ3v) is 6.18. The summed E-state index contributed by atoms with van der Waals surface area (Å²) in [6.45, 7) is 5.75. The van der Waals surface area contributed by atoms with Gasteiger partial charge in [-0.1, -0.05) is 18.5 Å². The van der Waals surface area contributed by atoms with E-state index in [1.54, 1.807) is 35.6 Å². The topological polar surface area (TPSA) is 71.5 Å². The Bertz CT molecular complexity index is 1140. The van der Waals surface area contributed by atoms with Gasteiger partial charge in [-0.3, -0.25) is 14.5 Å². The maximum Gasteiger partial charge on any atom is 0.268 e. The number of nitrogens with zero attached hydrogens (tertiary/aromatic N) is 2. The lowest BCUT2D eigenvalue weighted by Gasteiger charge is -2.34. The van der Waals surface area contributed by atoms with E-state index in [1.807, 2.05) is 39.0 Å². The molecule has 0 spiro atoms. The van der Waals surface area contributed by atoms with Crippen molar-refractivity contribution in [3.8, 4) is 17.0 Å². The summed E-state index contributed by atoms with van der Waals surface area (Å²) in [6.07, 6.45) is -0.107. The molecule has 0 bridgehead atoms. The fraction of sp³-hybridized carbons (Fsp3) is 0.261. The van der Waals surface area contributed by atoms with Crippen LogP contribution in [0.3, 0.4) is 0 Å². The van der Waals surface area contributed by atoms with Crippen molar-refractivity contribution in [1.82, 2.24) is 4.98 Å². The summed E-state index contributed by atoms with van der Waals surface area (Å²) in [5.74, 6) is 0.0492. The van der Waals surface area contributed by atoms with Crippen molar-refractivity contribution in [2.75, 3.05) is 16.8 Å². The number of carbonyl (C=O) groups excluding carboxylic acids is 2. The fourth-order valence-electron chi connectivity index (χ4n) is 3.57. The van der Waals surface area contributed by atoms with Crippen molar-refractivity contribution in [3.63, 3.8) is 0 Å². The van der Waals surface area contributed by atoms with Gasteiger partial charge in [0, 0.05) is 21.2 Å². The smallest absolute Gasteiger partial charge is 0.268 e. The number of ether oxygens (including phenoxy) is 1. The van der Waals surface area contributed by atoms with Crippen LogP contribution in [0.25, 0.3) is 11.3 Å². The number of hydrogen-bond acceptors (Lipinski definition) is 5. The predicted molar refractivity (Wildman–Crippen MR) is 124 cm³/mol. The van der Waals surface area contributed by atoms with Gasteiger partial charge < -0.3 is 10.1 Å². The fourth-order valence-corrected chi connectivity index (χ4v) is 4.53. The van der Waals surface area contributed by atoms with Crippen molar-refractivity contribution in [3.05, 3.63) is 57.4 Å². The van der Waals surface area contributed by atoms with Gasteiger partial charge in [-0.05, 0) is 62.7 Å². The molecule has 0 saturated heterocycles. The highest BCUT2D eigenvalue weighted by molar-refractivity contribution is 7.11. The van der Waals surface area contributed by atoms with E-state index >= 15 is 0 Å². The van der Waals surface area contributed by atoms with Crippen molar-refractivity contribution < 1.29 is 14.3 Å². The van der Waals surface area contributed by atoms with Crippen LogP contribution in [0.4, 0.5) is 11.4 Å². The first-order chi connectivity index (χ1) is 14.9. The minimum absolute atomic E-state index is 0.118. The van der Waals surface area contributed by atoms with Gasteiger partial charge in [0.05, 0.1) is 16.4 Å². The number of halogens is 1. The Hall–Kier alpha value is -2.90. The number of amides is 2. The van der Waals surface area contributed by atoms with Crippen LogP contribution in [0.5, 0.6) is 5.75 Å². The third kappa shape index (κ3) is 4.43. The summed E-state index contributed by atoms with van der Waals surface area (Å²) in [4.78, 5) is 33.0. The number of hydrogen-bond donors (Lipinski definition) is 1. The van der Waals surface area contributed by atoms with Crippen LogP contribution < -0.4 is 15.0 Å². The largest absolute Gasteiger partial charge is 0.478 e. The maximum absolute atomic E-state index is 13.1. The highest BCUT2D eigenvalue weighted by atomic mass is 35.5. The van der Waals surface area contributed by atoms with E-state index in [-0.39, 0.29) is 18.4 Å². The Morgan fingerprint density at radius 2 is 1.97 bits per heavy atom. The zero-order chi connectivity index (χ0) is 22.1. The molecule has 6 nitrogen and oxygen atoms in total. The number of aromatic nitrogens is 1. The molecule has 1 aliphatic rings. The minimum atomic E-state index is -0.620. The van der Waals surface area contributed by atoms with Crippen molar-refractivity contribution in [1.29, 1.82) is 0 Å². The summed E-state index contributed by atoms with van der Waals surface area (Å²) in [5.41, 5.74) is 2.95. The first-order valence-electron chi connectivity index (χ1n) is 9.97. The molecule has 0 radical (unpaired) electrons. The molecular formula is C23H22ClN3O3S. The van der Waals surface area contributed by atoms with Crippen molar-refractivity contribution in [2.24, 2.45) is 0 Å². The molecule has 0 fully saturated rings. The number of anilines is 2. The molecule has 1 N–H and O–H groups in total. The van der Waals surface area contributed by atoms with E-state index in [0.717, 1.165) is 21.1 Å². The number of fused-ring (bicyclic) bond motifs is 1. The molecule has 3 aromatic rings. The van der Waals surface area contributed by atoms with Crippen LogP contribution in [0.15, 0.2) is 42.5 Å². The SMILES string of the molecule is CCC1Oc2ccc(-c3nc(C)sc3C)cc2N(CC(=O)Nc2ccc(Cl)cc2)C1=O. The Morgan fingerprint density at radius 3 is 2.61 bits per heavy atom. The first-order valence-corrected chi connectivity index (χ1v) is 11.2. The summed E-state index contributed by atoms with van der Waals surface area (Å²) < 4.78 is 5.91. The third-order valence-electron chi connectivity index (χ3n) is 5.04. The zero-order valence-electron chi connectivity index (χ0n) is 17.4. The first kappa shape index (κ1) is 21.3. The number of nitrogens with one attached hydrogen (secondary N) is 1. The average Bonchev–Trinajstić information content (AvgIpc) is 3.09. The van der Waals surface area contributed by atoms with E-state index in [4.69, 9.17) is 16.3 Å². The maximum atomic E-state index is 13.1. The highest BCUT2D eigenvalue weighted by Crippen LogP contribution is 2.39. The number of thiazole rings is 1. The molecule has 2 heterocycles. The van der Waals surface area contributed by atoms with E-state index in [0.29, 0.717) is 28.6 Å². The van der Waals surface area contributed by atoms with E-state index in [9.17, 15) is 9.59 Å². The molecule has 31 heavy (non-hydrogen) atoms. The molecule has 1 atom stereocenters. The molecule has 160 valence electrons. The summed E-state index contributed by atoms with van der Waals surface area (Å²) in [6, 6.07) is 12.5. The quantitative estimate of drug-likeness (QED) is 0.572. The molecule has 1 unspecified atom stereocenters. The molecule has 2 amide bonds.